The maximum Gasteiger partial charge on any atom is 0.335 e. The number of phenols is 1. The Morgan fingerprint density at radius 1 is 1.20 bits per heavy atom. The quantitative estimate of drug-likeness (QED) is 0.361. The summed E-state index contributed by atoms with van der Waals surface area (Å²) in [6.45, 7) is 0.726. The summed E-state index contributed by atoms with van der Waals surface area (Å²) in [4.78, 5) is 27.0. The van der Waals surface area contributed by atoms with Crippen molar-refractivity contribution in [3.8, 4) is 11.5 Å². The van der Waals surface area contributed by atoms with Crippen LogP contribution in [0.2, 0.25) is 0 Å². The van der Waals surface area contributed by atoms with Gasteiger partial charge in [-0.2, -0.15) is 0 Å². The minimum absolute atomic E-state index is 0.00660. The average molecular weight is 491 g/mol. The number of methoxy groups -OCH3 is 1. The normalized spacial score (nSPS) is 38.7. The van der Waals surface area contributed by atoms with Crippen LogP contribution in [-0.2, 0) is 30.9 Å². The molecule has 0 aromatic heterocycles. The number of benzene rings is 1. The van der Waals surface area contributed by atoms with Crippen molar-refractivity contribution in [1.29, 1.82) is 0 Å². The molecule has 1 aromatic rings. The van der Waals surface area contributed by atoms with Gasteiger partial charge < -0.3 is 44.6 Å². The Kier molecular flexibility index (Phi) is 5.80. The van der Waals surface area contributed by atoms with Gasteiger partial charge in [0.1, 0.15) is 18.3 Å². The lowest BCUT2D eigenvalue weighted by Gasteiger charge is -2.56. The Balaban J connectivity index is 1.53. The van der Waals surface area contributed by atoms with Crippen molar-refractivity contribution in [1.82, 2.24) is 4.90 Å². The predicted octanol–water partition coefficient (Wildman–Crippen LogP) is -0.719. The van der Waals surface area contributed by atoms with E-state index in [-0.39, 0.29) is 29.9 Å². The molecule has 2 saturated heterocycles. The topological polar surface area (TPSA) is 166 Å². The third-order valence-electron chi connectivity index (χ3n) is 8.04. The van der Waals surface area contributed by atoms with Crippen molar-refractivity contribution in [2.45, 2.75) is 61.4 Å². The Hall–Kier alpha value is -2.70. The van der Waals surface area contributed by atoms with E-state index in [1.165, 1.54) is 7.11 Å². The number of phenolic OH excluding ortho intramolecular Hbond substituents is 1. The number of rotatable bonds is 4. The van der Waals surface area contributed by atoms with E-state index in [2.05, 4.69) is 4.90 Å². The Morgan fingerprint density at radius 3 is 2.63 bits per heavy atom. The first-order chi connectivity index (χ1) is 16.6. The van der Waals surface area contributed by atoms with Crippen LogP contribution in [0, 0.1) is 5.92 Å². The molecule has 1 aromatic carbocycles. The lowest BCUT2D eigenvalue weighted by molar-refractivity contribution is -0.284. The molecular weight excluding hydrogens is 462 g/mol. The molecule has 0 amide bonds. The number of nitrogens with zero attached hydrogens (tertiary/aromatic N) is 1. The van der Waals surface area contributed by atoms with E-state index >= 15 is 0 Å². The number of Topliss-reactive ketones (excluding diaryl/α,β-unsaturated/α-hetero) is 1. The molecule has 5 N–H and O–H groups in total. The third-order valence-corrected chi connectivity index (χ3v) is 8.04. The second-order valence-corrected chi connectivity index (χ2v) is 9.82. The molecule has 190 valence electrons. The maximum absolute atomic E-state index is 13.4. The molecule has 0 radical (unpaired) electrons. The largest absolute Gasteiger partial charge is 0.504 e. The maximum atomic E-state index is 13.4. The highest BCUT2D eigenvalue weighted by Gasteiger charge is 2.57. The zero-order valence-electron chi connectivity index (χ0n) is 19.3. The molecule has 2 bridgehead atoms. The smallest absolute Gasteiger partial charge is 0.335 e. The molecule has 11 heteroatoms. The van der Waals surface area contributed by atoms with Gasteiger partial charge in [0.15, 0.2) is 29.1 Å². The summed E-state index contributed by atoms with van der Waals surface area (Å²) in [5, 5.41) is 50.7. The van der Waals surface area contributed by atoms with E-state index in [0.717, 1.165) is 12.1 Å². The summed E-state index contributed by atoms with van der Waals surface area (Å²) < 4.78 is 16.2. The van der Waals surface area contributed by atoms with Gasteiger partial charge in [0.25, 0.3) is 0 Å². The van der Waals surface area contributed by atoms with Crippen LogP contribution in [0.5, 0.6) is 11.5 Å². The number of aliphatic carboxylic acids is 1. The number of likely N-dealkylation sites (tertiary alicyclic amines) is 1. The van der Waals surface area contributed by atoms with Crippen LogP contribution in [0.1, 0.15) is 24.0 Å². The number of carboxylic acid groups (broad SMARTS) is 1. The molecule has 5 rings (SSSR count). The van der Waals surface area contributed by atoms with Crippen molar-refractivity contribution in [3.63, 3.8) is 0 Å². The van der Waals surface area contributed by atoms with Gasteiger partial charge in [-0.3, -0.25) is 4.79 Å². The van der Waals surface area contributed by atoms with Crippen molar-refractivity contribution in [2.24, 2.45) is 5.92 Å². The highest BCUT2D eigenvalue weighted by molar-refractivity contribution is 5.96. The fraction of sp³-hybridized carbons (Fsp3) is 0.583. The number of hydrogen-bond acceptors (Lipinski definition) is 10. The molecule has 8 atom stereocenters. The number of carbonyl (C=O) groups excluding carboxylic acids is 1. The summed E-state index contributed by atoms with van der Waals surface area (Å²) in [5.74, 6) is -1.92. The van der Waals surface area contributed by atoms with Crippen LogP contribution >= 0.6 is 0 Å². The number of allylic oxidation sites excluding steroid dienone is 1. The highest BCUT2D eigenvalue weighted by Crippen LogP contribution is 2.57. The summed E-state index contributed by atoms with van der Waals surface area (Å²) in [5.41, 5.74) is 0.973. The molecule has 8 unspecified atom stereocenters. The van der Waals surface area contributed by atoms with Gasteiger partial charge >= 0.3 is 5.97 Å². The molecule has 2 aliphatic carbocycles. The first-order valence-electron chi connectivity index (χ1n) is 11.5. The Bertz CT molecular complexity index is 1090. The Morgan fingerprint density at radius 2 is 1.94 bits per heavy atom. The Labute approximate surface area is 201 Å². The molecule has 4 aliphatic rings. The van der Waals surface area contributed by atoms with Gasteiger partial charge in [-0.15, -0.1) is 0 Å². The van der Waals surface area contributed by atoms with Crippen molar-refractivity contribution in [2.75, 3.05) is 20.7 Å². The van der Waals surface area contributed by atoms with E-state index in [1.807, 2.05) is 13.1 Å². The second-order valence-electron chi connectivity index (χ2n) is 9.82. The van der Waals surface area contributed by atoms with Crippen molar-refractivity contribution >= 4 is 11.8 Å². The fourth-order valence-corrected chi connectivity index (χ4v) is 6.23. The van der Waals surface area contributed by atoms with E-state index < -0.39 is 47.9 Å². The van der Waals surface area contributed by atoms with Gasteiger partial charge in [0.2, 0.25) is 6.29 Å². The third kappa shape index (κ3) is 3.53. The van der Waals surface area contributed by atoms with Crippen LogP contribution in [0.3, 0.4) is 0 Å². The molecular formula is C24H29NO10. The number of carbonyl (C=O) groups is 2. The predicted molar refractivity (Wildman–Crippen MR) is 118 cm³/mol. The number of ketones is 1. The van der Waals surface area contributed by atoms with Gasteiger partial charge in [-0.05, 0) is 44.1 Å². The van der Waals surface area contributed by atoms with Crippen LogP contribution in [0.4, 0.5) is 0 Å². The zero-order chi connectivity index (χ0) is 25.2. The molecule has 2 fully saturated rings. The zero-order valence-corrected chi connectivity index (χ0v) is 19.3. The second kappa shape index (κ2) is 8.45. The van der Waals surface area contributed by atoms with Crippen molar-refractivity contribution in [3.05, 3.63) is 35.1 Å². The molecule has 2 aliphatic heterocycles. The summed E-state index contributed by atoms with van der Waals surface area (Å²) in [6.07, 6.45) is -6.03. The SMILES string of the molecule is COc1ccc2c(c1O)C13CCN(C)C(C2)C1C=C(OC1OC(C(=O)O)C(O)C(O)C1O)C(=O)C3. The molecule has 11 nitrogen and oxygen atoms in total. The van der Waals surface area contributed by atoms with E-state index in [0.29, 0.717) is 24.2 Å². The summed E-state index contributed by atoms with van der Waals surface area (Å²) in [6, 6.07) is 3.64. The van der Waals surface area contributed by atoms with Crippen LogP contribution in [0.25, 0.3) is 0 Å². The molecule has 0 spiro atoms. The summed E-state index contributed by atoms with van der Waals surface area (Å²) >= 11 is 0. The van der Waals surface area contributed by atoms with Crippen LogP contribution in [0.15, 0.2) is 24.0 Å². The molecule has 35 heavy (non-hydrogen) atoms. The lowest BCUT2D eigenvalue weighted by Crippen LogP contribution is -2.61. The van der Waals surface area contributed by atoms with Crippen molar-refractivity contribution < 1.29 is 49.3 Å². The highest BCUT2D eigenvalue weighted by atomic mass is 16.7. The first-order valence-corrected chi connectivity index (χ1v) is 11.5. The number of aliphatic hydroxyl groups is 3. The van der Waals surface area contributed by atoms with Gasteiger partial charge in [-0.25, -0.2) is 4.79 Å². The number of hydrogen-bond donors (Lipinski definition) is 5. The van der Waals surface area contributed by atoms with Crippen LogP contribution < -0.4 is 4.74 Å². The standard InChI is InChI=1S/C24H29NO10/c1-25-6-5-24-9-13(26)15(34-23-20(30)18(28)19(29)21(35-23)22(31)32)8-11(24)12(25)7-10-3-4-14(33-2)17(27)16(10)24/h3-4,8,11-12,18-21,23,27-30H,5-7,9H2,1-2H3,(H,31,32). The van der Waals surface area contributed by atoms with E-state index in [1.54, 1.807) is 12.1 Å². The number of aromatic hydroxyl groups is 1. The fourth-order valence-electron chi connectivity index (χ4n) is 6.23. The van der Waals surface area contributed by atoms with Gasteiger partial charge in [-0.1, -0.05) is 6.07 Å². The number of fused-ring (bicyclic) bond motifs is 1. The lowest BCUT2D eigenvalue weighted by atomic mass is 9.53. The average Bonchev–Trinajstić information content (AvgIpc) is 2.82. The molecule has 0 saturated carbocycles. The number of likely N-dealkylation sites (N-methyl/N-ethyl adjacent to an activating group) is 1. The monoisotopic (exact) mass is 491 g/mol. The minimum atomic E-state index is -1.86. The number of piperidine rings is 1. The van der Waals surface area contributed by atoms with Crippen LogP contribution in [-0.4, -0.2) is 99.6 Å². The van der Waals surface area contributed by atoms with E-state index in [9.17, 15) is 35.1 Å². The van der Waals surface area contributed by atoms with Gasteiger partial charge in [0.05, 0.1) is 7.11 Å². The number of aliphatic hydroxyl groups excluding tert-OH is 3. The minimum Gasteiger partial charge on any atom is -0.504 e. The first kappa shape index (κ1) is 24.0. The van der Waals surface area contributed by atoms with Gasteiger partial charge in [0, 0.05) is 29.4 Å². The number of ether oxygens (including phenoxy) is 3. The summed E-state index contributed by atoms with van der Waals surface area (Å²) in [7, 11) is 3.47. The van der Waals surface area contributed by atoms with E-state index in [4.69, 9.17) is 14.2 Å². The molecule has 2 heterocycles. The number of carboxylic acids is 1.